The first-order chi connectivity index (χ1) is 9.07. The molecule has 0 aromatic rings. The van der Waals surface area contributed by atoms with E-state index in [4.69, 9.17) is 9.57 Å². The van der Waals surface area contributed by atoms with Crippen LogP contribution >= 0.6 is 0 Å². The first kappa shape index (κ1) is 14.8. The van der Waals surface area contributed by atoms with E-state index in [9.17, 15) is 9.59 Å². The molecular weight excluding hydrogens is 260 g/mol. The Labute approximate surface area is 119 Å². The average Bonchev–Trinajstić information content (AvgIpc) is 2.70. The van der Waals surface area contributed by atoms with Crippen LogP contribution in [0.15, 0.2) is 11.8 Å². The summed E-state index contributed by atoms with van der Waals surface area (Å²) in [5, 5.41) is 1.70. The van der Waals surface area contributed by atoms with E-state index in [0.29, 0.717) is 5.76 Å². The highest BCUT2D eigenvalue weighted by Crippen LogP contribution is 2.44. The van der Waals surface area contributed by atoms with E-state index in [-0.39, 0.29) is 30.1 Å². The lowest BCUT2D eigenvalue weighted by Crippen LogP contribution is -2.48. The first-order valence-electron chi connectivity index (χ1n) is 6.67. The van der Waals surface area contributed by atoms with Crippen molar-refractivity contribution >= 4 is 11.9 Å². The molecule has 2 aliphatic rings. The number of nitrogens with zero attached hydrogens (tertiary/aromatic N) is 2. The lowest BCUT2D eigenvalue weighted by molar-refractivity contribution is -0.195. The fraction of sp³-hybridized carbons (Fsp3) is 0.714. The zero-order valence-corrected chi connectivity index (χ0v) is 12.9. The third kappa shape index (κ3) is 2.18. The zero-order valence-electron chi connectivity index (χ0n) is 12.9. The summed E-state index contributed by atoms with van der Waals surface area (Å²) >= 11 is 0. The molecule has 1 amide bonds. The van der Waals surface area contributed by atoms with Gasteiger partial charge >= 0.3 is 5.97 Å². The first-order valence-corrected chi connectivity index (χ1v) is 6.67. The Balaban J connectivity index is 2.26. The molecule has 1 fully saturated rings. The highest BCUT2D eigenvalue weighted by Gasteiger charge is 2.60. The summed E-state index contributed by atoms with van der Waals surface area (Å²) in [6, 6.07) is 0. The third-order valence-electron chi connectivity index (χ3n) is 3.65. The van der Waals surface area contributed by atoms with Gasteiger partial charge in [0.2, 0.25) is 0 Å². The van der Waals surface area contributed by atoms with E-state index in [0.717, 1.165) is 0 Å². The summed E-state index contributed by atoms with van der Waals surface area (Å²) in [5.74, 6) is 0.108. The molecule has 0 unspecified atom stereocenters. The highest BCUT2D eigenvalue weighted by molar-refractivity contribution is 5.90. The quantitative estimate of drug-likeness (QED) is 0.714. The van der Waals surface area contributed by atoms with E-state index < -0.39 is 5.54 Å². The Kier molecular flexibility index (Phi) is 3.32. The predicted octanol–water partition coefficient (Wildman–Crippen LogP) is 1.28. The molecule has 2 atom stereocenters. The average molecular weight is 282 g/mol. The van der Waals surface area contributed by atoms with Gasteiger partial charge in [0, 0.05) is 14.0 Å². The second-order valence-corrected chi connectivity index (χ2v) is 6.61. The van der Waals surface area contributed by atoms with Crippen LogP contribution in [0, 0.1) is 5.41 Å². The minimum atomic E-state index is -0.831. The zero-order chi connectivity index (χ0) is 15.3. The van der Waals surface area contributed by atoms with Crippen molar-refractivity contribution in [3.63, 3.8) is 0 Å². The van der Waals surface area contributed by atoms with Gasteiger partial charge < -0.3 is 14.5 Å². The summed E-state index contributed by atoms with van der Waals surface area (Å²) in [5.41, 5.74) is -0.991. The number of hydrogen-bond donors (Lipinski definition) is 0. The van der Waals surface area contributed by atoms with Crippen LogP contribution in [0.4, 0.5) is 0 Å². The number of esters is 1. The van der Waals surface area contributed by atoms with Gasteiger partial charge in [0.1, 0.15) is 6.17 Å². The van der Waals surface area contributed by atoms with Crippen LogP contribution in [0.1, 0.15) is 34.6 Å². The molecule has 0 saturated carbocycles. The smallest absolute Gasteiger partial charge is 0.303 e. The van der Waals surface area contributed by atoms with Crippen molar-refractivity contribution in [1.29, 1.82) is 0 Å². The van der Waals surface area contributed by atoms with Crippen LogP contribution in [-0.2, 0) is 19.2 Å². The Morgan fingerprint density at radius 1 is 1.50 bits per heavy atom. The minimum absolute atomic E-state index is 0.0183. The summed E-state index contributed by atoms with van der Waals surface area (Å²) in [7, 11) is 1.78. The molecule has 6 heteroatoms. The van der Waals surface area contributed by atoms with Gasteiger partial charge in [-0.25, -0.2) is 0 Å². The Morgan fingerprint density at radius 2 is 2.10 bits per heavy atom. The van der Waals surface area contributed by atoms with Crippen LogP contribution in [0.2, 0.25) is 0 Å². The molecule has 0 aliphatic carbocycles. The molecule has 1 saturated heterocycles. The number of amides is 1. The lowest BCUT2D eigenvalue weighted by Gasteiger charge is -2.37. The van der Waals surface area contributed by atoms with Crippen molar-refractivity contribution in [2.75, 3.05) is 13.7 Å². The van der Waals surface area contributed by atoms with Crippen LogP contribution < -0.4 is 0 Å². The van der Waals surface area contributed by atoms with Gasteiger partial charge in [0.05, 0.1) is 0 Å². The Hall–Kier alpha value is -1.56. The summed E-state index contributed by atoms with van der Waals surface area (Å²) in [4.78, 5) is 30.9. The molecule has 0 radical (unpaired) electrons. The molecule has 112 valence electrons. The minimum Gasteiger partial charge on any atom is -0.458 e. The van der Waals surface area contributed by atoms with Gasteiger partial charge in [-0.2, -0.15) is 0 Å². The topological polar surface area (TPSA) is 59.1 Å². The maximum atomic E-state index is 12.5. The number of likely N-dealkylation sites (N-methyl/N-ethyl adjacent to an activating group) is 1. The molecule has 0 bridgehead atoms. The largest absolute Gasteiger partial charge is 0.458 e. The highest BCUT2D eigenvalue weighted by atomic mass is 16.7. The second kappa shape index (κ2) is 4.48. The SMILES string of the molecule is CC(=O)OCC1=C[C@@]2(C)C(=O)N(C)[C@H](C(C)(C)C)N2O1. The number of carbonyl (C=O) groups excluding carboxylic acids is 2. The molecule has 2 rings (SSSR count). The number of ether oxygens (including phenoxy) is 1. The molecule has 6 nitrogen and oxygen atoms in total. The van der Waals surface area contributed by atoms with E-state index >= 15 is 0 Å². The van der Waals surface area contributed by atoms with Crippen LogP contribution in [0.3, 0.4) is 0 Å². The fourth-order valence-electron chi connectivity index (χ4n) is 2.88. The van der Waals surface area contributed by atoms with Gasteiger partial charge in [-0.15, -0.1) is 5.06 Å². The molecule has 0 N–H and O–H groups in total. The van der Waals surface area contributed by atoms with Crippen LogP contribution in [0.5, 0.6) is 0 Å². The predicted molar refractivity (Wildman–Crippen MR) is 72.1 cm³/mol. The van der Waals surface area contributed by atoms with Gasteiger partial charge in [-0.1, -0.05) is 20.8 Å². The maximum Gasteiger partial charge on any atom is 0.303 e. The van der Waals surface area contributed by atoms with Crippen LogP contribution in [-0.4, -0.2) is 47.2 Å². The Morgan fingerprint density at radius 3 is 2.60 bits per heavy atom. The van der Waals surface area contributed by atoms with Gasteiger partial charge in [0.15, 0.2) is 17.9 Å². The molecule has 0 aromatic heterocycles. The second-order valence-electron chi connectivity index (χ2n) is 6.61. The molecule has 0 aromatic carbocycles. The van der Waals surface area contributed by atoms with Crippen molar-refractivity contribution < 1.29 is 19.2 Å². The van der Waals surface area contributed by atoms with Gasteiger partial charge in [-0.05, 0) is 18.4 Å². The summed E-state index contributed by atoms with van der Waals surface area (Å²) in [6.07, 6.45) is 1.56. The van der Waals surface area contributed by atoms with Crippen molar-refractivity contribution in [2.24, 2.45) is 5.41 Å². The standard InChI is InChI=1S/C14H22N2O4/c1-9(17)19-8-10-7-14(5)12(18)15(6)11(13(2,3)4)16(14)20-10/h7,11H,8H2,1-6H3/t11-,14-/m0/s1. The number of fused-ring (bicyclic) bond motifs is 1. The number of rotatable bonds is 2. The molecule has 20 heavy (non-hydrogen) atoms. The molecular formula is C14H22N2O4. The van der Waals surface area contributed by atoms with E-state index in [2.05, 4.69) is 20.8 Å². The maximum absolute atomic E-state index is 12.5. The fourth-order valence-corrected chi connectivity index (χ4v) is 2.88. The van der Waals surface area contributed by atoms with E-state index in [1.165, 1.54) is 6.92 Å². The third-order valence-corrected chi connectivity index (χ3v) is 3.65. The molecule has 0 spiro atoms. The van der Waals surface area contributed by atoms with Gasteiger partial charge in [0.25, 0.3) is 5.91 Å². The normalized spacial score (nSPS) is 30.1. The molecule has 2 heterocycles. The van der Waals surface area contributed by atoms with Crippen LogP contribution in [0.25, 0.3) is 0 Å². The number of hydrogen-bond acceptors (Lipinski definition) is 5. The van der Waals surface area contributed by atoms with Crippen molar-refractivity contribution in [3.8, 4) is 0 Å². The molecule has 2 aliphatic heterocycles. The van der Waals surface area contributed by atoms with E-state index in [1.807, 2.05) is 6.92 Å². The van der Waals surface area contributed by atoms with Gasteiger partial charge in [-0.3, -0.25) is 9.59 Å². The Bertz CT molecular complexity index is 480. The lowest BCUT2D eigenvalue weighted by atomic mass is 9.91. The van der Waals surface area contributed by atoms with Crippen molar-refractivity contribution in [1.82, 2.24) is 9.96 Å². The van der Waals surface area contributed by atoms with E-state index in [1.54, 1.807) is 23.1 Å². The summed E-state index contributed by atoms with van der Waals surface area (Å²) in [6.45, 7) is 9.38. The number of hydroxylamine groups is 2. The number of carbonyl (C=O) groups is 2. The van der Waals surface area contributed by atoms with Crippen molar-refractivity contribution in [2.45, 2.75) is 46.3 Å². The monoisotopic (exact) mass is 282 g/mol. The van der Waals surface area contributed by atoms with Crippen molar-refractivity contribution in [3.05, 3.63) is 11.8 Å². The summed E-state index contributed by atoms with van der Waals surface area (Å²) < 4.78 is 4.94.